The number of nitrogens with one attached hydrogen (secondary N) is 1. The van der Waals surface area contributed by atoms with Crippen LogP contribution in [0.2, 0.25) is 0 Å². The van der Waals surface area contributed by atoms with Crippen molar-refractivity contribution in [3.05, 3.63) is 63.6 Å². The largest absolute Gasteiger partial charge is 0.416 e. The maximum Gasteiger partial charge on any atom is 0.416 e. The average Bonchev–Trinajstić information content (AvgIpc) is 2.95. The lowest BCUT2D eigenvalue weighted by molar-refractivity contribution is -0.137. The summed E-state index contributed by atoms with van der Waals surface area (Å²) in [7, 11) is 0. The molecule has 0 saturated heterocycles. The van der Waals surface area contributed by atoms with E-state index in [2.05, 4.69) is 38.4 Å². The zero-order chi connectivity index (χ0) is 16.4. The first-order valence-electron chi connectivity index (χ1n) is 6.85. The smallest absolute Gasteiger partial charge is 0.332 e. The Hall–Kier alpha value is -1.60. The van der Waals surface area contributed by atoms with Crippen molar-refractivity contribution in [3.8, 4) is 0 Å². The Morgan fingerprint density at radius 1 is 1.30 bits per heavy atom. The first-order chi connectivity index (χ1) is 10.9. The van der Waals surface area contributed by atoms with Crippen LogP contribution in [0.5, 0.6) is 0 Å². The van der Waals surface area contributed by atoms with Crippen LogP contribution in [-0.4, -0.2) is 4.98 Å². The Kier molecular flexibility index (Phi) is 4.59. The number of rotatable bonds is 3. The fourth-order valence-corrected chi connectivity index (χ4v) is 3.56. The van der Waals surface area contributed by atoms with E-state index in [0.717, 1.165) is 28.7 Å². The second-order valence-corrected chi connectivity index (χ2v) is 6.85. The quantitative estimate of drug-likeness (QED) is 0.660. The molecule has 0 aliphatic heterocycles. The van der Waals surface area contributed by atoms with Crippen LogP contribution in [-0.2, 0) is 6.18 Å². The van der Waals surface area contributed by atoms with Crippen LogP contribution >= 0.6 is 27.3 Å². The molecule has 1 heterocycles. The summed E-state index contributed by atoms with van der Waals surface area (Å²) in [6.07, 6.45) is 2.64. The summed E-state index contributed by atoms with van der Waals surface area (Å²) in [5.74, 6) is 0.183. The molecule has 3 rings (SSSR count). The fourth-order valence-electron chi connectivity index (χ4n) is 2.26. The molecule has 0 bridgehead atoms. The lowest BCUT2D eigenvalue weighted by Gasteiger charge is -2.11. The molecule has 23 heavy (non-hydrogen) atoms. The zero-order valence-electron chi connectivity index (χ0n) is 11.8. The summed E-state index contributed by atoms with van der Waals surface area (Å²) in [5.41, 5.74) is 0.607. The van der Waals surface area contributed by atoms with E-state index < -0.39 is 11.7 Å². The van der Waals surface area contributed by atoms with Crippen molar-refractivity contribution in [2.24, 2.45) is 0 Å². The number of hydrogen-bond acceptors (Lipinski definition) is 3. The van der Waals surface area contributed by atoms with E-state index in [0.29, 0.717) is 10.8 Å². The number of nitrogens with zero attached hydrogens (tertiary/aromatic N) is 1. The monoisotopic (exact) mass is 400 g/mol. The molecule has 1 aliphatic carbocycles. The molecule has 0 fully saturated rings. The maximum atomic E-state index is 12.7. The second kappa shape index (κ2) is 6.49. The summed E-state index contributed by atoms with van der Waals surface area (Å²) in [5, 5.41) is 5.45. The van der Waals surface area contributed by atoms with Crippen LogP contribution in [0.1, 0.15) is 23.6 Å². The summed E-state index contributed by atoms with van der Waals surface area (Å²) in [6, 6.07) is 5.11. The van der Waals surface area contributed by atoms with E-state index in [1.165, 1.54) is 17.4 Å². The van der Waals surface area contributed by atoms with Crippen molar-refractivity contribution in [1.82, 2.24) is 4.98 Å². The third-order valence-corrected chi connectivity index (χ3v) is 4.68. The fraction of sp³-hybridized carbons (Fsp3) is 0.188. The predicted molar refractivity (Wildman–Crippen MR) is 90.3 cm³/mol. The SMILES string of the molecule is FC(F)(F)c1cccc(Nc2nc(C3C=C(Br)C=CC3)cs2)c1. The van der Waals surface area contributed by atoms with Gasteiger partial charge >= 0.3 is 6.18 Å². The molecule has 1 aliphatic rings. The minimum absolute atomic E-state index is 0.183. The minimum Gasteiger partial charge on any atom is -0.332 e. The molecular weight excluding hydrogens is 389 g/mol. The number of anilines is 2. The van der Waals surface area contributed by atoms with Gasteiger partial charge in [0.05, 0.1) is 11.3 Å². The molecule has 0 saturated carbocycles. The van der Waals surface area contributed by atoms with E-state index in [9.17, 15) is 13.2 Å². The topological polar surface area (TPSA) is 24.9 Å². The van der Waals surface area contributed by atoms with Crippen LogP contribution in [0.4, 0.5) is 24.0 Å². The number of halogens is 4. The number of thiazole rings is 1. The van der Waals surface area contributed by atoms with Crippen molar-refractivity contribution < 1.29 is 13.2 Å². The second-order valence-electron chi connectivity index (χ2n) is 5.08. The Bertz CT molecular complexity index is 765. The number of benzene rings is 1. The van der Waals surface area contributed by atoms with Gasteiger partial charge in [-0.05, 0) is 24.6 Å². The predicted octanol–water partition coefficient (Wildman–Crippen LogP) is 6.23. The Morgan fingerprint density at radius 3 is 2.87 bits per heavy atom. The van der Waals surface area contributed by atoms with Gasteiger partial charge < -0.3 is 5.32 Å². The first-order valence-corrected chi connectivity index (χ1v) is 8.52. The van der Waals surface area contributed by atoms with Crippen LogP contribution in [0.3, 0.4) is 0 Å². The Labute approximate surface area is 143 Å². The van der Waals surface area contributed by atoms with E-state index in [1.807, 2.05) is 11.5 Å². The number of alkyl halides is 3. The van der Waals surface area contributed by atoms with Gasteiger partial charge in [0.15, 0.2) is 5.13 Å². The zero-order valence-corrected chi connectivity index (χ0v) is 14.2. The van der Waals surface area contributed by atoms with Crippen molar-refractivity contribution in [1.29, 1.82) is 0 Å². The molecule has 0 spiro atoms. The standard InChI is InChI=1S/C16H12BrF3N2S/c17-12-5-1-3-10(7-12)14-9-23-15(22-14)21-13-6-2-4-11(8-13)16(18,19)20/h1-2,4-10H,3H2,(H,21,22). The highest BCUT2D eigenvalue weighted by Gasteiger charge is 2.30. The number of hydrogen-bond donors (Lipinski definition) is 1. The highest BCUT2D eigenvalue weighted by atomic mass is 79.9. The van der Waals surface area contributed by atoms with Crippen molar-refractivity contribution in [2.45, 2.75) is 18.5 Å². The lowest BCUT2D eigenvalue weighted by Crippen LogP contribution is -2.05. The van der Waals surface area contributed by atoms with Crippen LogP contribution < -0.4 is 5.32 Å². The van der Waals surface area contributed by atoms with Gasteiger partial charge in [-0.3, -0.25) is 0 Å². The van der Waals surface area contributed by atoms with Crippen LogP contribution in [0.15, 0.2) is 52.4 Å². The molecule has 1 unspecified atom stereocenters. The van der Waals surface area contributed by atoms with Crippen LogP contribution in [0.25, 0.3) is 0 Å². The van der Waals surface area contributed by atoms with Gasteiger partial charge in [-0.15, -0.1) is 11.3 Å². The van der Waals surface area contributed by atoms with Gasteiger partial charge in [0.2, 0.25) is 0 Å². The molecule has 7 heteroatoms. The van der Waals surface area contributed by atoms with Gasteiger partial charge in [0, 0.05) is 21.5 Å². The average molecular weight is 401 g/mol. The molecule has 0 amide bonds. The van der Waals surface area contributed by atoms with E-state index in [-0.39, 0.29) is 5.92 Å². The van der Waals surface area contributed by atoms with E-state index in [4.69, 9.17) is 0 Å². The molecule has 1 N–H and O–H groups in total. The van der Waals surface area contributed by atoms with E-state index in [1.54, 1.807) is 6.07 Å². The third kappa shape index (κ3) is 4.03. The van der Waals surface area contributed by atoms with Crippen molar-refractivity contribution in [3.63, 3.8) is 0 Å². The highest BCUT2D eigenvalue weighted by molar-refractivity contribution is 9.11. The lowest BCUT2D eigenvalue weighted by atomic mass is 9.98. The number of aromatic nitrogens is 1. The van der Waals surface area contributed by atoms with Gasteiger partial charge in [-0.1, -0.05) is 40.2 Å². The van der Waals surface area contributed by atoms with Crippen LogP contribution in [0, 0.1) is 0 Å². The molecule has 0 radical (unpaired) electrons. The minimum atomic E-state index is -4.35. The summed E-state index contributed by atoms with van der Waals surface area (Å²) < 4.78 is 39.2. The molecular formula is C16H12BrF3N2S. The molecule has 120 valence electrons. The Morgan fingerprint density at radius 2 is 2.13 bits per heavy atom. The maximum absolute atomic E-state index is 12.7. The third-order valence-electron chi connectivity index (χ3n) is 3.37. The summed E-state index contributed by atoms with van der Waals surface area (Å²) in [4.78, 5) is 4.48. The molecule has 2 nitrogen and oxygen atoms in total. The highest BCUT2D eigenvalue weighted by Crippen LogP contribution is 2.34. The summed E-state index contributed by atoms with van der Waals surface area (Å²) in [6.45, 7) is 0. The molecule has 1 aromatic carbocycles. The number of allylic oxidation sites excluding steroid dienone is 4. The van der Waals surface area contributed by atoms with Crippen molar-refractivity contribution >= 4 is 38.1 Å². The normalized spacial score (nSPS) is 17.9. The first kappa shape index (κ1) is 16.3. The molecule has 2 aromatic rings. The molecule has 1 aromatic heterocycles. The summed E-state index contributed by atoms with van der Waals surface area (Å²) >= 11 is 4.82. The van der Waals surface area contributed by atoms with Gasteiger partial charge in [0.25, 0.3) is 0 Å². The van der Waals surface area contributed by atoms with Gasteiger partial charge in [0.1, 0.15) is 0 Å². The van der Waals surface area contributed by atoms with Gasteiger partial charge in [-0.2, -0.15) is 13.2 Å². The van der Waals surface area contributed by atoms with Gasteiger partial charge in [-0.25, -0.2) is 4.98 Å². The molecule has 1 atom stereocenters. The Balaban J connectivity index is 1.76. The van der Waals surface area contributed by atoms with E-state index >= 15 is 0 Å². The van der Waals surface area contributed by atoms with Crippen molar-refractivity contribution in [2.75, 3.05) is 5.32 Å².